The number of benzene rings is 2. The Hall–Kier alpha value is -2.64. The van der Waals surface area contributed by atoms with Crippen molar-refractivity contribution >= 4 is 32.9 Å². The van der Waals surface area contributed by atoms with Crippen LogP contribution in [0.2, 0.25) is 0 Å². The maximum absolute atomic E-state index is 12.8. The number of para-hydroxylation sites is 1. The molecule has 0 unspecified atom stereocenters. The van der Waals surface area contributed by atoms with E-state index in [0.29, 0.717) is 22.5 Å². The van der Waals surface area contributed by atoms with Gasteiger partial charge in [0.25, 0.3) is 0 Å². The van der Waals surface area contributed by atoms with Gasteiger partial charge in [-0.05, 0) is 47.1 Å². The summed E-state index contributed by atoms with van der Waals surface area (Å²) >= 11 is 3.38. The zero-order valence-corrected chi connectivity index (χ0v) is 15.7. The molecule has 3 aromatic rings. The largest absolute Gasteiger partial charge is 0.457 e. The van der Waals surface area contributed by atoms with Crippen molar-refractivity contribution in [1.82, 2.24) is 0 Å². The maximum atomic E-state index is 12.8. The molecule has 3 rings (SSSR count). The number of hydrogen-bond donors (Lipinski definition) is 0. The molecule has 0 spiro atoms. The monoisotopic (exact) mass is 418 g/mol. The van der Waals surface area contributed by atoms with E-state index >= 15 is 0 Å². The molecule has 0 saturated carbocycles. The highest BCUT2D eigenvalue weighted by atomic mass is 79.9. The molecule has 0 radical (unpaired) electrons. The minimum atomic E-state index is -0.542. The predicted octanol–water partition coefficient (Wildman–Crippen LogP) is 4.21. The minimum Gasteiger partial charge on any atom is -0.457 e. The fourth-order valence-electron chi connectivity index (χ4n) is 2.37. The molecule has 1 heterocycles. The van der Waals surface area contributed by atoms with Gasteiger partial charge in [0.05, 0.1) is 9.86 Å². The van der Waals surface area contributed by atoms with Crippen LogP contribution in [0.1, 0.15) is 5.76 Å². The van der Waals surface area contributed by atoms with Crippen LogP contribution < -0.4 is 14.9 Å². The third-order valence-corrected chi connectivity index (χ3v) is 4.18. The van der Waals surface area contributed by atoms with Crippen molar-refractivity contribution in [2.24, 2.45) is 0 Å². The number of esters is 1. The van der Waals surface area contributed by atoms with Gasteiger partial charge in [0.2, 0.25) is 11.2 Å². The molecule has 0 atom stereocenters. The average Bonchev–Trinajstić information content (AvgIpc) is 2.60. The van der Waals surface area contributed by atoms with E-state index in [0.717, 1.165) is 4.47 Å². The van der Waals surface area contributed by atoms with Crippen LogP contribution in [-0.4, -0.2) is 19.7 Å². The topological polar surface area (TPSA) is 75.0 Å². The smallest absolute Gasteiger partial charge is 0.337 e. The second kappa shape index (κ2) is 7.72. The van der Waals surface area contributed by atoms with E-state index in [1.165, 1.54) is 25.3 Å². The lowest BCUT2D eigenvalue weighted by Crippen LogP contribution is -2.14. The number of rotatable bonds is 5. The molecule has 0 N–H and O–H groups in total. The molecule has 0 fully saturated rings. The molecular formula is C19H15BrO6. The van der Waals surface area contributed by atoms with Gasteiger partial charge >= 0.3 is 5.97 Å². The summed E-state index contributed by atoms with van der Waals surface area (Å²) in [5, 5.41) is 0.323. The van der Waals surface area contributed by atoms with Crippen LogP contribution in [0.4, 0.5) is 0 Å². The number of aryl methyl sites for hydroxylation is 1. The Bertz CT molecular complexity index is 1020. The van der Waals surface area contributed by atoms with Crippen LogP contribution >= 0.6 is 15.9 Å². The Balaban J connectivity index is 1.99. The summed E-state index contributed by atoms with van der Waals surface area (Å²) in [6.07, 6.45) is 0. The third kappa shape index (κ3) is 3.79. The Labute approximate surface area is 157 Å². The second-order valence-electron chi connectivity index (χ2n) is 5.41. The molecular weight excluding hydrogens is 404 g/mol. The zero-order valence-electron chi connectivity index (χ0n) is 14.1. The van der Waals surface area contributed by atoms with E-state index in [1.807, 2.05) is 12.1 Å². The van der Waals surface area contributed by atoms with Crippen LogP contribution in [-0.2, 0) is 9.53 Å². The number of carbonyl (C=O) groups is 1. The second-order valence-corrected chi connectivity index (χ2v) is 6.27. The highest BCUT2D eigenvalue weighted by Crippen LogP contribution is 2.31. The minimum absolute atomic E-state index is 0.105. The number of halogens is 1. The number of carbonyl (C=O) groups excluding carboxylic acids is 1. The quantitative estimate of drug-likeness (QED) is 0.456. The zero-order chi connectivity index (χ0) is 18.7. The van der Waals surface area contributed by atoms with Gasteiger partial charge in [-0.2, -0.15) is 0 Å². The van der Waals surface area contributed by atoms with Crippen molar-refractivity contribution in [1.29, 1.82) is 0 Å². The van der Waals surface area contributed by atoms with Gasteiger partial charge in [0, 0.05) is 13.2 Å². The third-order valence-electron chi connectivity index (χ3n) is 3.53. The average molecular weight is 419 g/mol. The van der Waals surface area contributed by atoms with Gasteiger partial charge in [-0.15, -0.1) is 0 Å². The summed E-state index contributed by atoms with van der Waals surface area (Å²) in [7, 11) is 1.40. The summed E-state index contributed by atoms with van der Waals surface area (Å²) < 4.78 is 22.0. The molecule has 6 nitrogen and oxygen atoms in total. The van der Waals surface area contributed by atoms with Gasteiger partial charge in [-0.1, -0.05) is 12.1 Å². The van der Waals surface area contributed by atoms with Gasteiger partial charge in [0.15, 0.2) is 0 Å². The summed E-state index contributed by atoms with van der Waals surface area (Å²) in [4.78, 5) is 24.3. The fourth-order valence-corrected chi connectivity index (χ4v) is 2.73. The van der Waals surface area contributed by atoms with Crippen LogP contribution in [0.25, 0.3) is 11.0 Å². The first-order valence-corrected chi connectivity index (χ1v) is 8.48. The lowest BCUT2D eigenvalue weighted by Gasteiger charge is -2.10. The lowest BCUT2D eigenvalue weighted by atomic mass is 10.2. The Kier molecular flexibility index (Phi) is 5.39. The highest BCUT2D eigenvalue weighted by Gasteiger charge is 2.16. The fraction of sp³-hybridized carbons (Fsp3) is 0.158. The molecule has 7 heteroatoms. The number of hydrogen-bond acceptors (Lipinski definition) is 6. The van der Waals surface area contributed by atoms with Crippen molar-refractivity contribution in [3.05, 3.63) is 62.9 Å². The van der Waals surface area contributed by atoms with Crippen molar-refractivity contribution in [3.63, 3.8) is 0 Å². The number of ether oxygens (including phenoxy) is 3. The van der Waals surface area contributed by atoms with E-state index in [4.69, 9.17) is 18.6 Å². The first-order valence-electron chi connectivity index (χ1n) is 7.69. The SMILES string of the molecule is COCC(=O)Oc1ccc2c(=O)c(Oc3ccccc3Br)c(C)oc2c1. The van der Waals surface area contributed by atoms with Crippen molar-refractivity contribution in [2.45, 2.75) is 6.92 Å². The molecule has 0 saturated heterocycles. The molecule has 0 aliphatic carbocycles. The van der Waals surface area contributed by atoms with E-state index in [2.05, 4.69) is 15.9 Å². The van der Waals surface area contributed by atoms with Gasteiger partial charge in [-0.25, -0.2) is 4.79 Å². The van der Waals surface area contributed by atoms with Crippen LogP contribution in [0.5, 0.6) is 17.2 Å². The molecule has 0 bridgehead atoms. The van der Waals surface area contributed by atoms with E-state index in [1.54, 1.807) is 19.1 Å². The summed E-state index contributed by atoms with van der Waals surface area (Å²) in [5.41, 5.74) is -0.0102. The molecule has 1 aromatic heterocycles. The molecule has 0 aliphatic rings. The molecule has 134 valence electrons. The van der Waals surface area contributed by atoms with Crippen molar-refractivity contribution < 1.29 is 23.4 Å². The molecule has 0 amide bonds. The first-order chi connectivity index (χ1) is 12.5. The van der Waals surface area contributed by atoms with E-state index in [-0.39, 0.29) is 23.5 Å². The van der Waals surface area contributed by atoms with Gasteiger partial charge in [-0.3, -0.25) is 4.79 Å². The standard InChI is InChI=1S/C19H15BrO6/c1-11-19(26-15-6-4-3-5-14(15)20)18(22)13-8-7-12(9-16(13)24-11)25-17(21)10-23-2/h3-9H,10H2,1-2H3. The van der Waals surface area contributed by atoms with E-state index < -0.39 is 5.97 Å². The van der Waals surface area contributed by atoms with Crippen molar-refractivity contribution in [3.8, 4) is 17.2 Å². The van der Waals surface area contributed by atoms with Crippen LogP contribution in [0.15, 0.2) is 56.1 Å². The molecule has 0 aliphatic heterocycles. The normalized spacial score (nSPS) is 10.7. The Morgan fingerprint density at radius 3 is 2.69 bits per heavy atom. The predicted molar refractivity (Wildman–Crippen MR) is 98.9 cm³/mol. The lowest BCUT2D eigenvalue weighted by molar-refractivity contribution is -0.138. The number of fused-ring (bicyclic) bond motifs is 1. The summed E-state index contributed by atoms with van der Waals surface area (Å²) in [6.45, 7) is 1.47. The maximum Gasteiger partial charge on any atom is 0.337 e. The van der Waals surface area contributed by atoms with Crippen molar-refractivity contribution in [2.75, 3.05) is 13.7 Å². The van der Waals surface area contributed by atoms with Crippen LogP contribution in [0.3, 0.4) is 0 Å². The number of methoxy groups -OCH3 is 1. The highest BCUT2D eigenvalue weighted by molar-refractivity contribution is 9.10. The summed E-state index contributed by atoms with van der Waals surface area (Å²) in [6, 6.07) is 11.7. The molecule has 2 aromatic carbocycles. The molecule has 26 heavy (non-hydrogen) atoms. The van der Waals surface area contributed by atoms with E-state index in [9.17, 15) is 9.59 Å². The Morgan fingerprint density at radius 1 is 1.19 bits per heavy atom. The first kappa shape index (κ1) is 18.2. The summed E-state index contributed by atoms with van der Waals surface area (Å²) in [5.74, 6) is 0.654. The van der Waals surface area contributed by atoms with Gasteiger partial charge in [0.1, 0.15) is 29.4 Å². The Morgan fingerprint density at radius 2 is 1.96 bits per heavy atom. The van der Waals surface area contributed by atoms with Crippen LogP contribution in [0, 0.1) is 6.92 Å². The van der Waals surface area contributed by atoms with Gasteiger partial charge < -0.3 is 18.6 Å².